The van der Waals surface area contributed by atoms with Crippen LogP contribution in [0.25, 0.3) is 0 Å². The van der Waals surface area contributed by atoms with E-state index in [9.17, 15) is 4.79 Å². The van der Waals surface area contributed by atoms with Gasteiger partial charge in [0.25, 0.3) is 0 Å². The van der Waals surface area contributed by atoms with Crippen LogP contribution in [0.3, 0.4) is 0 Å². The molecule has 1 aliphatic carbocycles. The van der Waals surface area contributed by atoms with Crippen LogP contribution in [0.15, 0.2) is 0 Å². The first kappa shape index (κ1) is 14.5. The summed E-state index contributed by atoms with van der Waals surface area (Å²) in [6.07, 6.45) is 8.40. The summed E-state index contributed by atoms with van der Waals surface area (Å²) >= 11 is 0. The molecule has 3 N–H and O–H groups in total. The molecule has 0 aromatic heterocycles. The van der Waals surface area contributed by atoms with Gasteiger partial charge in [-0.15, -0.1) is 0 Å². The Morgan fingerprint density at radius 1 is 1.29 bits per heavy atom. The van der Waals surface area contributed by atoms with E-state index < -0.39 is 0 Å². The molecule has 1 aliphatic rings. The van der Waals surface area contributed by atoms with E-state index in [2.05, 4.69) is 5.32 Å². The van der Waals surface area contributed by atoms with Crippen molar-refractivity contribution in [3.63, 3.8) is 0 Å². The van der Waals surface area contributed by atoms with E-state index in [0.29, 0.717) is 6.42 Å². The maximum Gasteiger partial charge on any atom is 0.220 e. The summed E-state index contributed by atoms with van der Waals surface area (Å²) in [6, 6.07) is 0.233. The van der Waals surface area contributed by atoms with Crippen molar-refractivity contribution in [2.75, 3.05) is 13.7 Å². The van der Waals surface area contributed by atoms with E-state index in [-0.39, 0.29) is 18.1 Å². The Morgan fingerprint density at radius 2 is 2.06 bits per heavy atom. The van der Waals surface area contributed by atoms with E-state index in [4.69, 9.17) is 10.5 Å². The molecule has 0 aliphatic heterocycles. The fourth-order valence-electron chi connectivity index (χ4n) is 2.44. The minimum atomic E-state index is 0.173. The third kappa shape index (κ3) is 5.50. The molecular formula is C13H26N2O2. The second-order valence-corrected chi connectivity index (χ2v) is 4.83. The molecule has 0 heterocycles. The predicted octanol–water partition coefficient (Wildman–Crippen LogP) is 1.58. The Bertz CT molecular complexity index is 221. The molecule has 17 heavy (non-hydrogen) atoms. The fourth-order valence-corrected chi connectivity index (χ4v) is 2.44. The van der Waals surface area contributed by atoms with Crippen molar-refractivity contribution in [1.29, 1.82) is 0 Å². The first-order chi connectivity index (χ1) is 8.27. The lowest BCUT2D eigenvalue weighted by atomic mass is 10.1. The van der Waals surface area contributed by atoms with Crippen molar-refractivity contribution < 1.29 is 9.53 Å². The van der Waals surface area contributed by atoms with Crippen LogP contribution < -0.4 is 11.1 Å². The second-order valence-electron chi connectivity index (χ2n) is 4.83. The molecule has 1 amide bonds. The molecule has 100 valence electrons. The molecule has 0 aromatic rings. The van der Waals surface area contributed by atoms with Gasteiger partial charge in [0.05, 0.1) is 12.1 Å². The highest BCUT2D eigenvalue weighted by molar-refractivity contribution is 5.76. The molecule has 4 heteroatoms. The number of hydrogen-bond donors (Lipinski definition) is 2. The number of carbonyl (C=O) groups excluding carboxylic acids is 1. The minimum absolute atomic E-state index is 0.173. The molecule has 4 nitrogen and oxygen atoms in total. The van der Waals surface area contributed by atoms with Gasteiger partial charge in [0.15, 0.2) is 0 Å². The van der Waals surface area contributed by atoms with Gasteiger partial charge in [0, 0.05) is 13.5 Å². The van der Waals surface area contributed by atoms with Crippen LogP contribution in [0.4, 0.5) is 0 Å². The number of carbonyl (C=O) groups is 1. The average molecular weight is 242 g/mol. The summed E-state index contributed by atoms with van der Waals surface area (Å²) in [5.41, 5.74) is 5.42. The SMILES string of the molecule is COC1CCCC1NC(=O)CCCCCCN. The van der Waals surface area contributed by atoms with Gasteiger partial charge in [0.2, 0.25) is 5.91 Å². The number of rotatable bonds is 8. The van der Waals surface area contributed by atoms with Crippen molar-refractivity contribution in [3.8, 4) is 0 Å². The molecule has 1 rings (SSSR count). The van der Waals surface area contributed by atoms with Crippen LogP contribution in [0.2, 0.25) is 0 Å². The smallest absolute Gasteiger partial charge is 0.220 e. The van der Waals surface area contributed by atoms with E-state index in [1.807, 2.05) is 0 Å². The zero-order valence-corrected chi connectivity index (χ0v) is 10.9. The first-order valence-electron chi connectivity index (χ1n) is 6.80. The zero-order chi connectivity index (χ0) is 12.5. The van der Waals surface area contributed by atoms with Crippen LogP contribution >= 0.6 is 0 Å². The number of ether oxygens (including phenoxy) is 1. The largest absolute Gasteiger partial charge is 0.379 e. The number of unbranched alkanes of at least 4 members (excludes halogenated alkanes) is 3. The van der Waals surface area contributed by atoms with Crippen molar-refractivity contribution >= 4 is 5.91 Å². The average Bonchev–Trinajstić information content (AvgIpc) is 2.76. The fraction of sp³-hybridized carbons (Fsp3) is 0.923. The molecule has 0 radical (unpaired) electrons. The predicted molar refractivity (Wildman–Crippen MR) is 68.7 cm³/mol. The van der Waals surface area contributed by atoms with Gasteiger partial charge < -0.3 is 15.8 Å². The van der Waals surface area contributed by atoms with Gasteiger partial charge >= 0.3 is 0 Å². The van der Waals surface area contributed by atoms with Crippen LogP contribution in [0.5, 0.6) is 0 Å². The maximum atomic E-state index is 11.7. The van der Waals surface area contributed by atoms with E-state index in [1.165, 1.54) is 0 Å². The Balaban J connectivity index is 2.08. The highest BCUT2D eigenvalue weighted by Crippen LogP contribution is 2.21. The number of amides is 1. The number of nitrogens with two attached hydrogens (primary N) is 1. The van der Waals surface area contributed by atoms with Crippen LogP contribution in [-0.4, -0.2) is 31.7 Å². The summed E-state index contributed by atoms with van der Waals surface area (Å²) in [4.78, 5) is 11.7. The third-order valence-corrected chi connectivity index (χ3v) is 3.46. The van der Waals surface area contributed by atoms with Gasteiger partial charge in [-0.2, -0.15) is 0 Å². The minimum Gasteiger partial charge on any atom is -0.379 e. The second kappa shape index (κ2) is 8.48. The van der Waals surface area contributed by atoms with Gasteiger partial charge in [-0.05, 0) is 38.6 Å². The summed E-state index contributed by atoms with van der Waals surface area (Å²) in [5, 5.41) is 3.08. The van der Waals surface area contributed by atoms with Crippen LogP contribution in [0.1, 0.15) is 51.4 Å². The Kier molecular flexibility index (Phi) is 7.21. The lowest BCUT2D eigenvalue weighted by molar-refractivity contribution is -0.122. The molecule has 0 spiro atoms. The van der Waals surface area contributed by atoms with E-state index in [0.717, 1.165) is 51.5 Å². The van der Waals surface area contributed by atoms with Gasteiger partial charge in [0.1, 0.15) is 0 Å². The molecule has 0 aromatic carbocycles. The Morgan fingerprint density at radius 3 is 2.76 bits per heavy atom. The first-order valence-corrected chi connectivity index (χ1v) is 6.80. The molecule has 2 unspecified atom stereocenters. The highest BCUT2D eigenvalue weighted by Gasteiger charge is 2.27. The lowest BCUT2D eigenvalue weighted by Gasteiger charge is -2.19. The summed E-state index contributed by atoms with van der Waals surface area (Å²) in [6.45, 7) is 0.754. The van der Waals surface area contributed by atoms with E-state index >= 15 is 0 Å². The highest BCUT2D eigenvalue weighted by atomic mass is 16.5. The van der Waals surface area contributed by atoms with Crippen LogP contribution in [0, 0.1) is 0 Å². The molecule has 1 fully saturated rings. The van der Waals surface area contributed by atoms with Crippen molar-refractivity contribution in [3.05, 3.63) is 0 Å². The third-order valence-electron chi connectivity index (χ3n) is 3.46. The summed E-state index contributed by atoms with van der Waals surface area (Å²) in [7, 11) is 1.72. The summed E-state index contributed by atoms with van der Waals surface area (Å²) < 4.78 is 5.35. The quantitative estimate of drug-likeness (QED) is 0.635. The summed E-state index contributed by atoms with van der Waals surface area (Å²) in [5.74, 6) is 0.173. The van der Waals surface area contributed by atoms with Gasteiger partial charge in [-0.3, -0.25) is 4.79 Å². The monoisotopic (exact) mass is 242 g/mol. The number of methoxy groups -OCH3 is 1. The standard InChI is InChI=1S/C13H26N2O2/c1-17-12-8-6-7-11(12)15-13(16)9-4-2-3-5-10-14/h11-12H,2-10,14H2,1H3,(H,15,16). The number of hydrogen-bond acceptors (Lipinski definition) is 3. The normalized spacial score (nSPS) is 23.9. The lowest BCUT2D eigenvalue weighted by Crippen LogP contribution is -2.40. The molecular weight excluding hydrogens is 216 g/mol. The van der Waals surface area contributed by atoms with Crippen LogP contribution in [-0.2, 0) is 9.53 Å². The zero-order valence-electron chi connectivity index (χ0n) is 10.9. The maximum absolute atomic E-state index is 11.7. The molecule has 0 saturated heterocycles. The molecule has 1 saturated carbocycles. The van der Waals surface area contributed by atoms with Crippen molar-refractivity contribution in [2.45, 2.75) is 63.5 Å². The van der Waals surface area contributed by atoms with Crippen molar-refractivity contribution in [1.82, 2.24) is 5.32 Å². The van der Waals surface area contributed by atoms with Gasteiger partial charge in [-0.1, -0.05) is 12.8 Å². The molecule has 2 atom stereocenters. The Labute approximate surface area is 104 Å². The number of nitrogens with one attached hydrogen (secondary N) is 1. The molecule has 0 bridgehead atoms. The topological polar surface area (TPSA) is 64.3 Å². The Hall–Kier alpha value is -0.610. The van der Waals surface area contributed by atoms with Gasteiger partial charge in [-0.25, -0.2) is 0 Å². The van der Waals surface area contributed by atoms with Crippen molar-refractivity contribution in [2.24, 2.45) is 5.73 Å². The van der Waals surface area contributed by atoms with E-state index in [1.54, 1.807) is 7.11 Å².